The van der Waals surface area contributed by atoms with E-state index in [4.69, 9.17) is 4.74 Å². The maximum Gasteiger partial charge on any atom is 0.410 e. The molecule has 1 aliphatic carbocycles. The first kappa shape index (κ1) is 19.7. The number of hydrogen-bond donors (Lipinski definition) is 2. The fraction of sp³-hybridized carbons (Fsp3) is 0.556. The van der Waals surface area contributed by atoms with Crippen molar-refractivity contribution in [3.05, 3.63) is 23.0 Å². The standard InChI is InChI=1S/C18H22FN3O6S/c1-9(2)5-6-21-11-4-3-10-7-12(23)16(22-8-13(24)20-29(22,26)27)15(19)14(10)17(11)28-18(21)25/h7,9,11,17,23H,3-6,8H2,1-2H3,(H,20,24). The molecule has 0 aromatic heterocycles. The molecule has 9 nitrogen and oxygen atoms in total. The van der Waals surface area contributed by atoms with Crippen molar-refractivity contribution < 1.29 is 32.2 Å². The molecule has 0 saturated carbocycles. The van der Waals surface area contributed by atoms with Gasteiger partial charge in [-0.2, -0.15) is 8.42 Å². The number of ether oxygens (including phenoxy) is 1. The number of phenolic OH excluding ortho intramolecular Hbond substituents is 1. The van der Waals surface area contributed by atoms with Gasteiger partial charge in [-0.05, 0) is 36.8 Å². The number of hydrogen-bond acceptors (Lipinski definition) is 6. The van der Waals surface area contributed by atoms with E-state index < -0.39 is 52.1 Å². The summed E-state index contributed by atoms with van der Waals surface area (Å²) in [6.07, 6.45) is 0.288. The molecule has 2 fully saturated rings. The first-order chi connectivity index (χ1) is 13.6. The molecule has 2 aliphatic heterocycles. The van der Waals surface area contributed by atoms with E-state index in [1.54, 1.807) is 9.62 Å². The Kier molecular flexibility index (Phi) is 4.60. The lowest BCUT2D eigenvalue weighted by Gasteiger charge is -2.32. The van der Waals surface area contributed by atoms with Gasteiger partial charge in [0, 0.05) is 12.1 Å². The zero-order chi connectivity index (χ0) is 21.1. The minimum atomic E-state index is -4.31. The Morgan fingerprint density at radius 2 is 2.10 bits per heavy atom. The van der Waals surface area contributed by atoms with E-state index in [1.807, 2.05) is 13.8 Å². The minimum absolute atomic E-state index is 0.0593. The van der Waals surface area contributed by atoms with E-state index in [2.05, 4.69) is 0 Å². The average molecular weight is 427 g/mol. The smallest absolute Gasteiger partial charge is 0.410 e. The van der Waals surface area contributed by atoms with Crippen LogP contribution in [0.25, 0.3) is 0 Å². The number of fused-ring (bicyclic) bond motifs is 3. The van der Waals surface area contributed by atoms with E-state index in [-0.39, 0.29) is 11.6 Å². The summed E-state index contributed by atoms with van der Waals surface area (Å²) in [6.45, 7) is 3.92. The second kappa shape index (κ2) is 6.75. The number of aromatic hydroxyl groups is 1. The minimum Gasteiger partial charge on any atom is -0.506 e. The monoisotopic (exact) mass is 427 g/mol. The fourth-order valence-electron chi connectivity index (χ4n) is 4.16. The van der Waals surface area contributed by atoms with Crippen LogP contribution in [0.2, 0.25) is 0 Å². The largest absolute Gasteiger partial charge is 0.506 e. The Labute approximate surface area is 167 Å². The van der Waals surface area contributed by atoms with Crippen LogP contribution in [-0.2, 0) is 26.2 Å². The molecule has 2 unspecified atom stereocenters. The zero-order valence-corrected chi connectivity index (χ0v) is 16.8. The van der Waals surface area contributed by atoms with Gasteiger partial charge in [0.05, 0.1) is 6.04 Å². The molecule has 2 saturated heterocycles. The van der Waals surface area contributed by atoms with Gasteiger partial charge in [0.1, 0.15) is 18.0 Å². The van der Waals surface area contributed by atoms with Gasteiger partial charge in [-0.1, -0.05) is 13.8 Å². The molecule has 3 aliphatic rings. The molecule has 0 spiro atoms. The normalized spacial score (nSPS) is 25.1. The number of nitrogens with one attached hydrogen (secondary N) is 1. The summed E-state index contributed by atoms with van der Waals surface area (Å²) >= 11 is 0. The zero-order valence-electron chi connectivity index (χ0n) is 16.0. The Hall–Kier alpha value is -2.56. The summed E-state index contributed by atoms with van der Waals surface area (Å²) < 4.78 is 47.5. The highest BCUT2D eigenvalue weighted by molar-refractivity contribution is 7.92. The molecule has 4 rings (SSSR count). The lowest BCUT2D eigenvalue weighted by molar-refractivity contribution is -0.117. The second-order valence-corrected chi connectivity index (χ2v) is 9.55. The number of aryl methyl sites for hydroxylation is 1. The Balaban J connectivity index is 1.75. The highest BCUT2D eigenvalue weighted by Crippen LogP contribution is 2.47. The lowest BCUT2D eigenvalue weighted by Crippen LogP contribution is -2.38. The first-order valence-electron chi connectivity index (χ1n) is 9.45. The van der Waals surface area contributed by atoms with Crippen LogP contribution in [0, 0.1) is 11.7 Å². The van der Waals surface area contributed by atoms with Gasteiger partial charge < -0.3 is 14.7 Å². The Bertz CT molecular complexity index is 996. The highest BCUT2D eigenvalue weighted by atomic mass is 32.2. The SMILES string of the molecule is CC(C)CCN1C(=O)OC2c3c(cc(O)c(N4CC(=O)NS4(=O)=O)c3F)CCC21. The highest BCUT2D eigenvalue weighted by Gasteiger charge is 2.48. The number of anilines is 1. The van der Waals surface area contributed by atoms with E-state index in [9.17, 15) is 23.1 Å². The number of phenols is 1. The topological polar surface area (TPSA) is 116 Å². The molecule has 1 aromatic carbocycles. The molecular weight excluding hydrogens is 405 g/mol. The van der Waals surface area contributed by atoms with Crippen LogP contribution >= 0.6 is 0 Å². The van der Waals surface area contributed by atoms with Crippen LogP contribution in [0.4, 0.5) is 14.9 Å². The van der Waals surface area contributed by atoms with E-state index in [0.717, 1.165) is 6.42 Å². The fourth-order valence-corrected chi connectivity index (χ4v) is 5.32. The van der Waals surface area contributed by atoms with Crippen molar-refractivity contribution in [3.63, 3.8) is 0 Å². The number of rotatable bonds is 4. The van der Waals surface area contributed by atoms with Crippen LogP contribution in [0.15, 0.2) is 6.07 Å². The molecule has 11 heteroatoms. The van der Waals surface area contributed by atoms with Crippen molar-refractivity contribution in [2.24, 2.45) is 5.92 Å². The summed E-state index contributed by atoms with van der Waals surface area (Å²) in [5, 5.41) is 10.3. The van der Waals surface area contributed by atoms with Crippen molar-refractivity contribution >= 4 is 27.9 Å². The molecule has 1 aromatic rings. The molecule has 29 heavy (non-hydrogen) atoms. The van der Waals surface area contributed by atoms with Crippen LogP contribution < -0.4 is 9.03 Å². The third kappa shape index (κ3) is 3.17. The van der Waals surface area contributed by atoms with E-state index in [1.165, 1.54) is 6.07 Å². The number of carbonyl (C=O) groups is 2. The molecular formula is C18H22FN3O6S. The summed E-state index contributed by atoms with van der Waals surface area (Å²) in [7, 11) is -4.31. The number of nitrogens with zero attached hydrogens (tertiary/aromatic N) is 2. The van der Waals surface area contributed by atoms with Crippen LogP contribution in [0.5, 0.6) is 5.75 Å². The van der Waals surface area contributed by atoms with Gasteiger partial charge in [0.25, 0.3) is 5.91 Å². The van der Waals surface area contributed by atoms with Gasteiger partial charge in [-0.15, -0.1) is 0 Å². The number of halogens is 1. The van der Waals surface area contributed by atoms with E-state index >= 15 is 4.39 Å². The lowest BCUT2D eigenvalue weighted by atomic mass is 9.84. The molecule has 2 N–H and O–H groups in total. The van der Waals surface area contributed by atoms with Gasteiger partial charge in [-0.25, -0.2) is 18.2 Å². The Morgan fingerprint density at radius 1 is 1.38 bits per heavy atom. The molecule has 158 valence electrons. The number of carbonyl (C=O) groups excluding carboxylic acids is 2. The van der Waals surface area contributed by atoms with Crippen LogP contribution in [0.1, 0.15) is 43.9 Å². The predicted octanol–water partition coefficient (Wildman–Crippen LogP) is 1.57. The molecule has 0 radical (unpaired) electrons. The molecule has 0 bridgehead atoms. The maximum absolute atomic E-state index is 15.5. The average Bonchev–Trinajstić information content (AvgIpc) is 3.06. The predicted molar refractivity (Wildman–Crippen MR) is 100.0 cm³/mol. The molecule has 2 heterocycles. The van der Waals surface area contributed by atoms with E-state index in [0.29, 0.717) is 35.2 Å². The van der Waals surface area contributed by atoms with Crippen molar-refractivity contribution in [1.82, 2.24) is 9.62 Å². The van der Waals surface area contributed by atoms with Gasteiger partial charge >= 0.3 is 16.3 Å². The summed E-state index contributed by atoms with van der Waals surface area (Å²) in [4.78, 5) is 25.5. The van der Waals surface area contributed by atoms with Gasteiger partial charge in [0.15, 0.2) is 11.9 Å². The summed E-state index contributed by atoms with van der Waals surface area (Å²) in [6, 6.07) is 0.919. The van der Waals surface area contributed by atoms with Crippen molar-refractivity contribution in [2.75, 3.05) is 17.4 Å². The third-order valence-corrected chi connectivity index (χ3v) is 6.94. The quantitative estimate of drug-likeness (QED) is 0.754. The maximum atomic E-state index is 15.5. The van der Waals surface area contributed by atoms with Crippen LogP contribution in [-0.4, -0.2) is 49.6 Å². The van der Waals surface area contributed by atoms with Crippen molar-refractivity contribution in [3.8, 4) is 5.75 Å². The molecule has 2 amide bonds. The van der Waals surface area contributed by atoms with Crippen LogP contribution in [0.3, 0.4) is 0 Å². The number of benzene rings is 1. The van der Waals surface area contributed by atoms with Gasteiger partial charge in [-0.3, -0.25) is 4.79 Å². The van der Waals surface area contributed by atoms with Crippen molar-refractivity contribution in [1.29, 1.82) is 0 Å². The number of amides is 2. The second-order valence-electron chi connectivity index (χ2n) is 7.95. The first-order valence-corrected chi connectivity index (χ1v) is 10.9. The van der Waals surface area contributed by atoms with Gasteiger partial charge in [0.2, 0.25) is 0 Å². The summed E-state index contributed by atoms with van der Waals surface area (Å²) in [5.41, 5.74) is -0.0946. The third-order valence-electron chi connectivity index (χ3n) is 5.57. The molecule has 2 atom stereocenters. The van der Waals surface area contributed by atoms with Crippen molar-refractivity contribution in [2.45, 2.75) is 45.3 Å². The Morgan fingerprint density at radius 3 is 2.72 bits per heavy atom. The summed E-state index contributed by atoms with van der Waals surface area (Å²) in [5.74, 6) is -2.02.